The first kappa shape index (κ1) is 13.0. The summed E-state index contributed by atoms with van der Waals surface area (Å²) in [7, 11) is 1.81. The van der Waals surface area contributed by atoms with Crippen LogP contribution >= 0.6 is 0 Å². The monoisotopic (exact) mass is 255 g/mol. The molecule has 1 aromatic heterocycles. The molecule has 0 amide bonds. The standard InChI is InChI=1S/C15H14FN3/c1-11(13-7-3-4-8-14(13)16)19(2)15-12(10-17)6-5-9-18-15/h3-9,11H,1-2H3. The Hall–Kier alpha value is -2.41. The van der Waals surface area contributed by atoms with Gasteiger partial charge in [-0.1, -0.05) is 18.2 Å². The van der Waals surface area contributed by atoms with Crippen LogP contribution in [0.2, 0.25) is 0 Å². The van der Waals surface area contributed by atoms with E-state index in [1.54, 1.807) is 48.5 Å². The van der Waals surface area contributed by atoms with E-state index in [0.717, 1.165) is 0 Å². The average molecular weight is 255 g/mol. The normalized spacial score (nSPS) is 11.7. The zero-order valence-corrected chi connectivity index (χ0v) is 10.8. The molecule has 0 saturated carbocycles. The molecule has 1 unspecified atom stereocenters. The topological polar surface area (TPSA) is 39.9 Å². The summed E-state index contributed by atoms with van der Waals surface area (Å²) < 4.78 is 13.8. The van der Waals surface area contributed by atoms with Gasteiger partial charge in [-0.2, -0.15) is 5.26 Å². The van der Waals surface area contributed by atoms with E-state index >= 15 is 0 Å². The van der Waals surface area contributed by atoms with Crippen molar-refractivity contribution in [3.63, 3.8) is 0 Å². The van der Waals surface area contributed by atoms with Crippen LogP contribution in [0.1, 0.15) is 24.1 Å². The fourth-order valence-corrected chi connectivity index (χ4v) is 1.97. The second-order valence-electron chi connectivity index (χ2n) is 4.29. The Balaban J connectivity index is 2.37. The van der Waals surface area contributed by atoms with Gasteiger partial charge in [0.15, 0.2) is 0 Å². The third-order valence-corrected chi connectivity index (χ3v) is 3.18. The van der Waals surface area contributed by atoms with Crippen LogP contribution in [0.4, 0.5) is 10.2 Å². The van der Waals surface area contributed by atoms with E-state index in [1.807, 2.05) is 6.92 Å². The highest BCUT2D eigenvalue weighted by Crippen LogP contribution is 2.27. The molecule has 0 aliphatic rings. The smallest absolute Gasteiger partial charge is 0.146 e. The molecular formula is C15H14FN3. The molecule has 0 fully saturated rings. The first-order valence-electron chi connectivity index (χ1n) is 5.97. The van der Waals surface area contributed by atoms with Crippen molar-refractivity contribution >= 4 is 5.82 Å². The molecule has 0 aliphatic carbocycles. The molecule has 2 rings (SSSR count). The minimum absolute atomic E-state index is 0.205. The molecule has 0 N–H and O–H groups in total. The van der Waals surface area contributed by atoms with E-state index in [9.17, 15) is 4.39 Å². The Bertz CT molecular complexity index is 619. The Morgan fingerprint density at radius 3 is 2.68 bits per heavy atom. The number of nitriles is 1. The maximum atomic E-state index is 13.8. The number of rotatable bonds is 3. The number of pyridine rings is 1. The molecular weight excluding hydrogens is 241 g/mol. The first-order valence-corrected chi connectivity index (χ1v) is 5.97. The van der Waals surface area contributed by atoms with Gasteiger partial charge in [0.25, 0.3) is 0 Å². The predicted octanol–water partition coefficient (Wildman–Crippen LogP) is 3.29. The lowest BCUT2D eigenvalue weighted by Crippen LogP contribution is -2.24. The van der Waals surface area contributed by atoms with Crippen molar-refractivity contribution in [1.82, 2.24) is 4.98 Å². The highest BCUT2D eigenvalue weighted by Gasteiger charge is 2.18. The van der Waals surface area contributed by atoms with Crippen molar-refractivity contribution in [3.05, 3.63) is 59.5 Å². The lowest BCUT2D eigenvalue weighted by molar-refractivity contribution is 0.584. The number of nitrogens with zero attached hydrogens (tertiary/aromatic N) is 3. The third-order valence-electron chi connectivity index (χ3n) is 3.18. The molecule has 0 spiro atoms. The fourth-order valence-electron chi connectivity index (χ4n) is 1.97. The number of aromatic nitrogens is 1. The van der Waals surface area contributed by atoms with E-state index in [0.29, 0.717) is 16.9 Å². The van der Waals surface area contributed by atoms with Crippen molar-refractivity contribution in [2.75, 3.05) is 11.9 Å². The Kier molecular flexibility index (Phi) is 3.76. The number of anilines is 1. The highest BCUT2D eigenvalue weighted by atomic mass is 19.1. The van der Waals surface area contributed by atoms with Gasteiger partial charge in [-0.15, -0.1) is 0 Å². The van der Waals surface area contributed by atoms with E-state index < -0.39 is 0 Å². The van der Waals surface area contributed by atoms with Crippen molar-refractivity contribution in [2.45, 2.75) is 13.0 Å². The van der Waals surface area contributed by atoms with Crippen LogP contribution in [0, 0.1) is 17.1 Å². The molecule has 2 aromatic rings. The number of benzene rings is 1. The average Bonchev–Trinajstić information content (AvgIpc) is 2.46. The lowest BCUT2D eigenvalue weighted by atomic mass is 10.1. The molecule has 96 valence electrons. The summed E-state index contributed by atoms with van der Waals surface area (Å²) in [6.07, 6.45) is 1.63. The summed E-state index contributed by atoms with van der Waals surface area (Å²) >= 11 is 0. The molecule has 0 saturated heterocycles. The van der Waals surface area contributed by atoms with E-state index in [-0.39, 0.29) is 11.9 Å². The van der Waals surface area contributed by atoms with Gasteiger partial charge in [-0.05, 0) is 25.1 Å². The molecule has 3 nitrogen and oxygen atoms in total. The van der Waals surface area contributed by atoms with Crippen LogP contribution in [0.3, 0.4) is 0 Å². The van der Waals surface area contributed by atoms with E-state index in [1.165, 1.54) is 6.07 Å². The van der Waals surface area contributed by atoms with E-state index in [2.05, 4.69) is 11.1 Å². The van der Waals surface area contributed by atoms with Gasteiger partial charge < -0.3 is 4.90 Å². The summed E-state index contributed by atoms with van der Waals surface area (Å²) in [5, 5.41) is 9.08. The maximum Gasteiger partial charge on any atom is 0.146 e. The minimum Gasteiger partial charge on any atom is -0.352 e. The summed E-state index contributed by atoms with van der Waals surface area (Å²) in [6.45, 7) is 1.88. The number of halogens is 1. The Morgan fingerprint density at radius 1 is 1.26 bits per heavy atom. The maximum absolute atomic E-state index is 13.8. The molecule has 1 aromatic carbocycles. The van der Waals surface area contributed by atoms with E-state index in [4.69, 9.17) is 5.26 Å². The van der Waals surface area contributed by atoms with Gasteiger partial charge in [0.2, 0.25) is 0 Å². The second-order valence-corrected chi connectivity index (χ2v) is 4.29. The third kappa shape index (κ3) is 2.55. The molecule has 0 aliphatic heterocycles. The first-order chi connectivity index (χ1) is 9.15. The zero-order valence-electron chi connectivity index (χ0n) is 10.8. The molecule has 1 heterocycles. The van der Waals surface area contributed by atoms with Crippen molar-refractivity contribution in [1.29, 1.82) is 5.26 Å². The largest absolute Gasteiger partial charge is 0.352 e. The summed E-state index contributed by atoms with van der Waals surface area (Å²) in [5.41, 5.74) is 1.06. The van der Waals surface area contributed by atoms with Crippen molar-refractivity contribution in [3.8, 4) is 6.07 Å². The van der Waals surface area contributed by atoms with Gasteiger partial charge in [0.1, 0.15) is 17.7 Å². The summed E-state index contributed by atoms with van der Waals surface area (Å²) in [6, 6.07) is 11.9. The highest BCUT2D eigenvalue weighted by molar-refractivity contribution is 5.54. The molecule has 0 radical (unpaired) electrons. The second kappa shape index (κ2) is 5.49. The zero-order chi connectivity index (χ0) is 13.8. The number of hydrogen-bond donors (Lipinski definition) is 0. The van der Waals surface area contributed by atoms with Gasteiger partial charge >= 0.3 is 0 Å². The molecule has 1 atom stereocenters. The van der Waals surface area contributed by atoms with Crippen molar-refractivity contribution < 1.29 is 4.39 Å². The quantitative estimate of drug-likeness (QED) is 0.845. The fraction of sp³-hybridized carbons (Fsp3) is 0.200. The molecule has 19 heavy (non-hydrogen) atoms. The Morgan fingerprint density at radius 2 is 2.00 bits per heavy atom. The van der Waals surface area contributed by atoms with Crippen molar-refractivity contribution in [2.24, 2.45) is 0 Å². The van der Waals surface area contributed by atoms with Crippen LogP contribution < -0.4 is 4.90 Å². The number of hydrogen-bond acceptors (Lipinski definition) is 3. The van der Waals surface area contributed by atoms with Crippen LogP contribution in [-0.4, -0.2) is 12.0 Å². The van der Waals surface area contributed by atoms with Gasteiger partial charge in [0, 0.05) is 18.8 Å². The SMILES string of the molecule is CC(c1ccccc1F)N(C)c1ncccc1C#N. The lowest BCUT2D eigenvalue weighted by Gasteiger charge is -2.27. The summed E-state index contributed by atoms with van der Waals surface area (Å²) in [5.74, 6) is 0.303. The summed E-state index contributed by atoms with van der Waals surface area (Å²) in [4.78, 5) is 6.01. The van der Waals surface area contributed by atoms with Crippen LogP contribution in [0.15, 0.2) is 42.6 Å². The van der Waals surface area contributed by atoms with Crippen LogP contribution in [0.5, 0.6) is 0 Å². The van der Waals surface area contributed by atoms with Gasteiger partial charge in [-0.25, -0.2) is 9.37 Å². The molecule has 4 heteroatoms. The molecule has 0 bridgehead atoms. The van der Waals surface area contributed by atoms with Gasteiger partial charge in [0.05, 0.1) is 11.6 Å². The minimum atomic E-state index is -0.253. The predicted molar refractivity (Wildman–Crippen MR) is 72.2 cm³/mol. The van der Waals surface area contributed by atoms with Crippen LogP contribution in [-0.2, 0) is 0 Å². The Labute approximate surface area is 111 Å². The van der Waals surface area contributed by atoms with Gasteiger partial charge in [-0.3, -0.25) is 0 Å². The van der Waals surface area contributed by atoms with Crippen LogP contribution in [0.25, 0.3) is 0 Å².